The molecule has 17 heavy (non-hydrogen) atoms. The molecule has 92 valence electrons. The predicted octanol–water partition coefficient (Wildman–Crippen LogP) is 1.81. The third kappa shape index (κ3) is 1.55. The lowest BCUT2D eigenvalue weighted by Crippen LogP contribution is -2.24. The van der Waals surface area contributed by atoms with Crippen LogP contribution in [0.15, 0.2) is 6.07 Å². The third-order valence-electron chi connectivity index (χ3n) is 3.52. The fraction of sp³-hybridized carbons (Fsp3) is 0.500. The van der Waals surface area contributed by atoms with E-state index in [0.717, 1.165) is 18.4 Å². The minimum absolute atomic E-state index is 0.0330. The summed E-state index contributed by atoms with van der Waals surface area (Å²) in [7, 11) is 0. The number of phenolic OH excluding ortho intramolecular Hbond substituents is 1. The van der Waals surface area contributed by atoms with Crippen molar-refractivity contribution in [1.29, 1.82) is 0 Å². The van der Waals surface area contributed by atoms with E-state index < -0.39 is 0 Å². The molecule has 1 aliphatic carbocycles. The van der Waals surface area contributed by atoms with Gasteiger partial charge in [0.25, 0.3) is 0 Å². The predicted molar refractivity (Wildman–Crippen MR) is 64.1 cm³/mol. The smallest absolute Gasteiger partial charge is 0.166 e. The molecule has 3 N–H and O–H groups in total. The van der Waals surface area contributed by atoms with Crippen molar-refractivity contribution in [3.05, 3.63) is 16.7 Å². The molecule has 4 nitrogen and oxygen atoms in total. The number of hydrogen-bond donors (Lipinski definition) is 2. The second kappa shape index (κ2) is 3.68. The summed E-state index contributed by atoms with van der Waals surface area (Å²) in [4.78, 5) is 0. The number of nitrogens with two attached hydrogens (primary N) is 1. The Morgan fingerprint density at radius 2 is 2.06 bits per heavy atom. The van der Waals surface area contributed by atoms with E-state index in [-0.39, 0.29) is 11.2 Å². The molecule has 0 amide bonds. The largest absolute Gasteiger partial charge is 0.506 e. The Morgan fingerprint density at radius 1 is 1.35 bits per heavy atom. The second-order valence-corrected chi connectivity index (χ2v) is 4.97. The van der Waals surface area contributed by atoms with Crippen LogP contribution in [0, 0.1) is 0 Å². The monoisotopic (exact) mass is 255 g/mol. The van der Waals surface area contributed by atoms with Gasteiger partial charge in [-0.1, -0.05) is 11.6 Å². The molecule has 1 fully saturated rings. The Morgan fingerprint density at radius 3 is 2.71 bits per heavy atom. The summed E-state index contributed by atoms with van der Waals surface area (Å²) in [6, 6.07) is 1.51. The molecule has 0 unspecified atom stereocenters. The van der Waals surface area contributed by atoms with Gasteiger partial charge in [-0.05, 0) is 12.8 Å². The Hall–Kier alpha value is -1.13. The summed E-state index contributed by atoms with van der Waals surface area (Å²) < 4.78 is 11.1. The van der Waals surface area contributed by atoms with Crippen molar-refractivity contribution in [3.63, 3.8) is 0 Å². The van der Waals surface area contributed by atoms with Crippen molar-refractivity contribution in [2.45, 2.75) is 18.3 Å². The van der Waals surface area contributed by atoms with Crippen molar-refractivity contribution < 1.29 is 14.6 Å². The fourth-order valence-corrected chi connectivity index (χ4v) is 2.67. The quantitative estimate of drug-likeness (QED) is 0.846. The van der Waals surface area contributed by atoms with Crippen LogP contribution in [0.1, 0.15) is 18.4 Å². The van der Waals surface area contributed by atoms with Gasteiger partial charge in [-0.15, -0.1) is 0 Å². The number of aromatic hydroxyl groups is 1. The molecule has 0 bridgehead atoms. The summed E-state index contributed by atoms with van der Waals surface area (Å²) in [6.07, 6.45) is 1.95. The summed E-state index contributed by atoms with van der Waals surface area (Å²) >= 11 is 6.19. The standard InChI is InChI=1S/C12H14ClNO3/c13-10-7(15)5-8-11(17-4-3-16-8)9(10)12(6-14)1-2-12/h5,15H,1-4,6,14H2. The van der Waals surface area contributed by atoms with E-state index >= 15 is 0 Å². The van der Waals surface area contributed by atoms with E-state index in [4.69, 9.17) is 26.8 Å². The zero-order valence-electron chi connectivity index (χ0n) is 9.33. The summed E-state index contributed by atoms with van der Waals surface area (Å²) in [5.41, 5.74) is 6.49. The molecule has 1 saturated carbocycles. The van der Waals surface area contributed by atoms with Crippen molar-refractivity contribution in [2.75, 3.05) is 19.8 Å². The van der Waals surface area contributed by atoms with Crippen LogP contribution in [0.2, 0.25) is 5.02 Å². The average molecular weight is 256 g/mol. The van der Waals surface area contributed by atoms with Crippen LogP contribution >= 0.6 is 11.6 Å². The Labute approximate surface area is 104 Å². The zero-order chi connectivity index (χ0) is 12.0. The molecule has 1 aliphatic heterocycles. The lowest BCUT2D eigenvalue weighted by atomic mass is 9.94. The van der Waals surface area contributed by atoms with Gasteiger partial charge in [-0.2, -0.15) is 0 Å². The van der Waals surface area contributed by atoms with Gasteiger partial charge < -0.3 is 20.3 Å². The van der Waals surface area contributed by atoms with Gasteiger partial charge in [-0.25, -0.2) is 0 Å². The minimum Gasteiger partial charge on any atom is -0.506 e. The summed E-state index contributed by atoms with van der Waals surface area (Å²) in [6.45, 7) is 1.50. The van der Waals surface area contributed by atoms with Gasteiger partial charge in [-0.3, -0.25) is 0 Å². The number of benzene rings is 1. The van der Waals surface area contributed by atoms with Gasteiger partial charge in [0.15, 0.2) is 11.5 Å². The van der Waals surface area contributed by atoms with Crippen LogP contribution in [-0.4, -0.2) is 24.9 Å². The SMILES string of the molecule is NCC1(c2c(Cl)c(O)cc3c2OCCO3)CC1. The van der Waals surface area contributed by atoms with Crippen molar-refractivity contribution >= 4 is 11.6 Å². The highest BCUT2D eigenvalue weighted by atomic mass is 35.5. The highest BCUT2D eigenvalue weighted by Gasteiger charge is 2.48. The lowest BCUT2D eigenvalue weighted by molar-refractivity contribution is 0.168. The molecule has 1 aromatic rings. The number of phenols is 1. The molecule has 1 heterocycles. The first-order valence-electron chi connectivity index (χ1n) is 5.69. The van der Waals surface area contributed by atoms with Gasteiger partial charge in [0.05, 0.1) is 5.02 Å². The molecule has 3 rings (SSSR count). The molecular formula is C12H14ClNO3. The van der Waals surface area contributed by atoms with E-state index in [1.807, 2.05) is 0 Å². The first-order chi connectivity index (χ1) is 8.18. The van der Waals surface area contributed by atoms with Crippen molar-refractivity contribution in [1.82, 2.24) is 0 Å². The number of halogens is 1. The van der Waals surface area contributed by atoms with Crippen LogP contribution in [0.3, 0.4) is 0 Å². The number of rotatable bonds is 2. The number of fused-ring (bicyclic) bond motifs is 1. The van der Waals surface area contributed by atoms with Crippen LogP contribution in [0.4, 0.5) is 0 Å². The maximum atomic E-state index is 9.83. The lowest BCUT2D eigenvalue weighted by Gasteiger charge is -2.26. The molecule has 2 aliphatic rings. The average Bonchev–Trinajstić information content (AvgIpc) is 3.11. The maximum Gasteiger partial charge on any atom is 0.166 e. The highest BCUT2D eigenvalue weighted by Crippen LogP contribution is 2.57. The zero-order valence-corrected chi connectivity index (χ0v) is 10.1. The Balaban J connectivity index is 2.21. The second-order valence-electron chi connectivity index (χ2n) is 4.59. The highest BCUT2D eigenvalue weighted by molar-refractivity contribution is 6.33. The fourth-order valence-electron chi connectivity index (χ4n) is 2.33. The molecule has 1 aromatic carbocycles. The minimum atomic E-state index is -0.138. The van der Waals surface area contributed by atoms with Gasteiger partial charge >= 0.3 is 0 Å². The van der Waals surface area contributed by atoms with E-state index in [1.165, 1.54) is 6.07 Å². The van der Waals surface area contributed by atoms with Crippen LogP contribution < -0.4 is 15.2 Å². The topological polar surface area (TPSA) is 64.7 Å². The first-order valence-corrected chi connectivity index (χ1v) is 6.07. The number of ether oxygens (including phenoxy) is 2. The van der Waals surface area contributed by atoms with Crippen molar-refractivity contribution in [2.24, 2.45) is 5.73 Å². The molecule has 0 saturated heterocycles. The Kier molecular flexibility index (Phi) is 2.38. The van der Waals surface area contributed by atoms with E-state index in [0.29, 0.717) is 36.3 Å². The molecule has 0 radical (unpaired) electrons. The summed E-state index contributed by atoms with van der Waals surface area (Å²) in [5.74, 6) is 1.25. The molecule has 0 atom stereocenters. The van der Waals surface area contributed by atoms with Crippen LogP contribution in [0.25, 0.3) is 0 Å². The third-order valence-corrected chi connectivity index (χ3v) is 3.91. The molecule has 5 heteroatoms. The molecule has 0 aromatic heterocycles. The summed E-state index contributed by atoms with van der Waals surface area (Å²) in [5, 5.41) is 10.2. The van der Waals surface area contributed by atoms with Gasteiger partial charge in [0.1, 0.15) is 19.0 Å². The molecule has 0 spiro atoms. The van der Waals surface area contributed by atoms with Gasteiger partial charge in [0.2, 0.25) is 0 Å². The van der Waals surface area contributed by atoms with Gasteiger partial charge in [0, 0.05) is 23.6 Å². The van der Waals surface area contributed by atoms with E-state index in [2.05, 4.69) is 0 Å². The van der Waals surface area contributed by atoms with E-state index in [1.54, 1.807) is 0 Å². The van der Waals surface area contributed by atoms with E-state index in [9.17, 15) is 5.11 Å². The number of hydrogen-bond acceptors (Lipinski definition) is 4. The van der Waals surface area contributed by atoms with Crippen LogP contribution in [0.5, 0.6) is 17.2 Å². The first kappa shape index (κ1) is 11.0. The van der Waals surface area contributed by atoms with Crippen LogP contribution in [-0.2, 0) is 5.41 Å². The Bertz CT molecular complexity index is 471. The maximum absolute atomic E-state index is 9.83. The normalized spacial score (nSPS) is 20.1. The van der Waals surface area contributed by atoms with Crippen molar-refractivity contribution in [3.8, 4) is 17.2 Å². The molecular weight excluding hydrogens is 242 g/mol.